The first-order valence-corrected chi connectivity index (χ1v) is 6.66. The molecule has 1 aromatic rings. The molecule has 1 heterocycles. The lowest BCUT2D eigenvalue weighted by Crippen LogP contribution is -2.37. The lowest BCUT2D eigenvalue weighted by molar-refractivity contribution is -0.124. The fourth-order valence-corrected chi connectivity index (χ4v) is 2.75. The quantitative estimate of drug-likeness (QED) is 0.837. The van der Waals surface area contributed by atoms with Crippen LogP contribution in [-0.2, 0) is 4.79 Å². The van der Waals surface area contributed by atoms with E-state index in [9.17, 15) is 4.79 Å². The Hall–Kier alpha value is -1.16. The van der Waals surface area contributed by atoms with E-state index in [2.05, 4.69) is 29.1 Å². The summed E-state index contributed by atoms with van der Waals surface area (Å²) in [6.45, 7) is 4.31. The maximum atomic E-state index is 12.3. The van der Waals surface area contributed by atoms with Crippen LogP contribution in [0.3, 0.4) is 0 Å². The first kappa shape index (κ1) is 13.3. The van der Waals surface area contributed by atoms with E-state index in [0.29, 0.717) is 5.82 Å². The number of nitrogens with zero attached hydrogens (tertiary/aromatic N) is 2. The third-order valence-electron chi connectivity index (χ3n) is 3.70. The number of halogens is 1. The molecule has 18 heavy (non-hydrogen) atoms. The van der Waals surface area contributed by atoms with E-state index in [-0.39, 0.29) is 22.5 Å². The van der Waals surface area contributed by atoms with Crippen LogP contribution < -0.4 is 5.32 Å². The lowest BCUT2D eigenvalue weighted by Gasteiger charge is -2.37. The van der Waals surface area contributed by atoms with Crippen molar-refractivity contribution in [2.45, 2.75) is 39.5 Å². The van der Waals surface area contributed by atoms with Crippen molar-refractivity contribution in [1.29, 1.82) is 0 Å². The van der Waals surface area contributed by atoms with Crippen molar-refractivity contribution >= 4 is 23.3 Å². The molecule has 0 aromatic carbocycles. The van der Waals surface area contributed by atoms with E-state index < -0.39 is 0 Å². The van der Waals surface area contributed by atoms with Gasteiger partial charge in [0.15, 0.2) is 0 Å². The Kier molecular flexibility index (Phi) is 3.85. The Morgan fingerprint density at radius 3 is 2.94 bits per heavy atom. The van der Waals surface area contributed by atoms with Gasteiger partial charge in [0.1, 0.15) is 5.82 Å². The molecule has 1 aromatic heterocycles. The van der Waals surface area contributed by atoms with Crippen LogP contribution in [-0.4, -0.2) is 15.9 Å². The summed E-state index contributed by atoms with van der Waals surface area (Å²) in [5, 5.41) is 2.98. The van der Waals surface area contributed by atoms with Crippen molar-refractivity contribution in [1.82, 2.24) is 9.97 Å². The van der Waals surface area contributed by atoms with Crippen LogP contribution in [0, 0.1) is 11.3 Å². The Balaban J connectivity index is 2.07. The van der Waals surface area contributed by atoms with Gasteiger partial charge in [0, 0.05) is 12.1 Å². The van der Waals surface area contributed by atoms with Gasteiger partial charge in [0.2, 0.25) is 11.2 Å². The van der Waals surface area contributed by atoms with Gasteiger partial charge in [-0.15, -0.1) is 0 Å². The monoisotopic (exact) mass is 267 g/mol. The molecule has 2 rings (SSSR count). The number of carbonyl (C=O) groups is 1. The molecule has 1 fully saturated rings. The Morgan fingerprint density at radius 1 is 1.50 bits per heavy atom. The van der Waals surface area contributed by atoms with Crippen molar-refractivity contribution in [3.05, 3.63) is 17.5 Å². The van der Waals surface area contributed by atoms with E-state index in [1.165, 1.54) is 12.6 Å². The number of rotatable bonds is 2. The molecule has 0 saturated heterocycles. The van der Waals surface area contributed by atoms with Gasteiger partial charge in [-0.3, -0.25) is 4.79 Å². The Labute approximate surface area is 112 Å². The molecule has 1 amide bonds. The molecule has 0 radical (unpaired) electrons. The highest BCUT2D eigenvalue weighted by atomic mass is 35.5. The number of amides is 1. The standard InChI is InChI=1S/C13H18ClN3O/c1-13(2)7-4-3-5-9(13)11(18)16-10-6-8-15-12(14)17-10/h6,8-9H,3-5,7H2,1-2H3,(H,15,16,17,18). The van der Waals surface area contributed by atoms with Gasteiger partial charge in [-0.2, -0.15) is 0 Å². The summed E-state index contributed by atoms with van der Waals surface area (Å²) < 4.78 is 0. The minimum Gasteiger partial charge on any atom is -0.310 e. The molecule has 1 atom stereocenters. The number of hydrogen-bond donors (Lipinski definition) is 1. The third-order valence-corrected chi connectivity index (χ3v) is 3.88. The largest absolute Gasteiger partial charge is 0.310 e. The first-order chi connectivity index (χ1) is 8.49. The summed E-state index contributed by atoms with van der Waals surface area (Å²) in [7, 11) is 0. The van der Waals surface area contributed by atoms with Crippen molar-refractivity contribution in [2.24, 2.45) is 11.3 Å². The molecule has 0 bridgehead atoms. The minimum atomic E-state index is 0.0365. The maximum Gasteiger partial charge on any atom is 0.229 e. The van der Waals surface area contributed by atoms with Crippen LogP contribution >= 0.6 is 11.6 Å². The molecular formula is C13H18ClN3O. The number of anilines is 1. The zero-order valence-corrected chi connectivity index (χ0v) is 11.5. The summed E-state index contributed by atoms with van der Waals surface area (Å²) in [6.07, 6.45) is 5.90. The molecule has 0 aliphatic heterocycles. The number of hydrogen-bond acceptors (Lipinski definition) is 3. The highest BCUT2D eigenvalue weighted by molar-refractivity contribution is 6.28. The zero-order chi connectivity index (χ0) is 13.2. The summed E-state index contributed by atoms with van der Waals surface area (Å²) in [5.74, 6) is 0.552. The molecule has 1 N–H and O–H groups in total. The van der Waals surface area contributed by atoms with Crippen LogP contribution in [0.5, 0.6) is 0 Å². The number of carbonyl (C=O) groups excluding carboxylic acids is 1. The smallest absolute Gasteiger partial charge is 0.229 e. The van der Waals surface area contributed by atoms with Crippen molar-refractivity contribution < 1.29 is 4.79 Å². The second-order valence-electron chi connectivity index (χ2n) is 5.49. The van der Waals surface area contributed by atoms with Crippen molar-refractivity contribution in [3.8, 4) is 0 Å². The highest BCUT2D eigenvalue weighted by Crippen LogP contribution is 2.40. The normalized spacial score (nSPS) is 22.5. The van der Waals surface area contributed by atoms with E-state index in [1.54, 1.807) is 6.07 Å². The average Bonchev–Trinajstić information content (AvgIpc) is 2.28. The molecule has 5 heteroatoms. The van der Waals surface area contributed by atoms with Crippen LogP contribution in [0.1, 0.15) is 39.5 Å². The molecule has 1 aliphatic carbocycles. The minimum absolute atomic E-state index is 0.0365. The van der Waals surface area contributed by atoms with Gasteiger partial charge in [0.05, 0.1) is 0 Å². The van der Waals surface area contributed by atoms with Crippen LogP contribution in [0.4, 0.5) is 5.82 Å². The van der Waals surface area contributed by atoms with Crippen molar-refractivity contribution in [2.75, 3.05) is 5.32 Å². The topological polar surface area (TPSA) is 54.9 Å². The second kappa shape index (κ2) is 5.22. The van der Waals surface area contributed by atoms with Crippen molar-refractivity contribution in [3.63, 3.8) is 0 Å². The molecule has 1 unspecified atom stereocenters. The van der Waals surface area contributed by atoms with E-state index in [1.807, 2.05) is 0 Å². The number of aromatic nitrogens is 2. The van der Waals surface area contributed by atoms with Gasteiger partial charge < -0.3 is 5.32 Å². The second-order valence-corrected chi connectivity index (χ2v) is 5.83. The lowest BCUT2D eigenvalue weighted by atomic mass is 9.68. The molecular weight excluding hydrogens is 250 g/mol. The summed E-state index contributed by atoms with van der Waals surface area (Å²) in [5.41, 5.74) is 0.0547. The van der Waals surface area contributed by atoms with Gasteiger partial charge in [0.25, 0.3) is 0 Å². The summed E-state index contributed by atoms with van der Waals surface area (Å²) >= 11 is 5.70. The Bertz CT molecular complexity index is 448. The predicted molar refractivity (Wildman–Crippen MR) is 71.4 cm³/mol. The fourth-order valence-electron chi connectivity index (χ4n) is 2.60. The van der Waals surface area contributed by atoms with E-state index in [4.69, 9.17) is 11.6 Å². The summed E-state index contributed by atoms with van der Waals surface area (Å²) in [4.78, 5) is 20.0. The van der Waals surface area contributed by atoms with Gasteiger partial charge >= 0.3 is 0 Å². The zero-order valence-electron chi connectivity index (χ0n) is 10.7. The average molecular weight is 268 g/mol. The molecule has 1 aliphatic rings. The maximum absolute atomic E-state index is 12.3. The third kappa shape index (κ3) is 2.99. The summed E-state index contributed by atoms with van der Waals surface area (Å²) in [6, 6.07) is 1.65. The van der Waals surface area contributed by atoms with Gasteiger partial charge in [-0.1, -0.05) is 26.7 Å². The van der Waals surface area contributed by atoms with Gasteiger partial charge in [-0.25, -0.2) is 9.97 Å². The fraction of sp³-hybridized carbons (Fsp3) is 0.615. The first-order valence-electron chi connectivity index (χ1n) is 6.28. The molecule has 0 spiro atoms. The van der Waals surface area contributed by atoms with E-state index in [0.717, 1.165) is 19.3 Å². The molecule has 4 nitrogen and oxygen atoms in total. The molecule has 1 saturated carbocycles. The Morgan fingerprint density at radius 2 is 2.28 bits per heavy atom. The molecule has 98 valence electrons. The predicted octanol–water partition coefficient (Wildman–Crippen LogP) is 3.28. The van der Waals surface area contributed by atoms with Gasteiger partial charge in [-0.05, 0) is 35.9 Å². The van der Waals surface area contributed by atoms with E-state index >= 15 is 0 Å². The number of nitrogens with one attached hydrogen (secondary N) is 1. The van der Waals surface area contributed by atoms with Crippen LogP contribution in [0.15, 0.2) is 12.3 Å². The van der Waals surface area contributed by atoms with Crippen LogP contribution in [0.25, 0.3) is 0 Å². The highest BCUT2D eigenvalue weighted by Gasteiger charge is 2.37. The SMILES string of the molecule is CC1(C)CCCCC1C(=O)Nc1ccnc(Cl)n1. The van der Waals surface area contributed by atoms with Crippen LogP contribution in [0.2, 0.25) is 5.28 Å².